The van der Waals surface area contributed by atoms with E-state index < -0.39 is 0 Å². The lowest BCUT2D eigenvalue weighted by molar-refractivity contribution is 0.0773. The van der Waals surface area contributed by atoms with E-state index in [9.17, 15) is 4.79 Å². The Morgan fingerprint density at radius 2 is 1.65 bits per heavy atom. The molecule has 0 aliphatic carbocycles. The summed E-state index contributed by atoms with van der Waals surface area (Å²) in [7, 11) is 0. The summed E-state index contributed by atoms with van der Waals surface area (Å²) in [5.41, 5.74) is 3.10. The van der Waals surface area contributed by atoms with Gasteiger partial charge in [0.1, 0.15) is 0 Å². The van der Waals surface area contributed by atoms with Crippen LogP contribution in [0.2, 0.25) is 0 Å². The summed E-state index contributed by atoms with van der Waals surface area (Å²) in [6.45, 7) is 16.1. The Balaban J connectivity index is 1.92. The van der Waals surface area contributed by atoms with Gasteiger partial charge in [0.15, 0.2) is 0 Å². The second kappa shape index (κ2) is 10.6. The third kappa shape index (κ3) is 5.19. The fourth-order valence-corrected chi connectivity index (χ4v) is 4.76. The fraction of sp³-hybridized carbons (Fsp3) is 0.444. The molecule has 2 aromatic rings. The monoisotopic (exact) mass is 419 g/mol. The molecule has 3 atom stereocenters. The van der Waals surface area contributed by atoms with Crippen molar-refractivity contribution in [1.82, 2.24) is 9.80 Å². The first kappa shape index (κ1) is 23.1. The third-order valence-electron chi connectivity index (χ3n) is 6.56. The van der Waals surface area contributed by atoms with Crippen molar-refractivity contribution in [3.8, 4) is 0 Å². The van der Waals surface area contributed by atoms with E-state index in [-0.39, 0.29) is 5.91 Å². The quantitative estimate of drug-likeness (QED) is 0.522. The van der Waals surface area contributed by atoms with Gasteiger partial charge in [0, 0.05) is 55.2 Å². The van der Waals surface area contributed by atoms with Gasteiger partial charge >= 0.3 is 0 Å². The number of para-hydroxylation sites is 1. The van der Waals surface area contributed by atoms with Crippen LogP contribution in [0, 0.1) is 5.92 Å². The normalized spacial score (nSPS) is 21.5. The van der Waals surface area contributed by atoms with Gasteiger partial charge in [-0.15, -0.1) is 6.58 Å². The Morgan fingerprint density at radius 1 is 1.03 bits per heavy atom. The molecule has 1 amide bonds. The number of amides is 1. The topological polar surface area (TPSA) is 26.8 Å². The summed E-state index contributed by atoms with van der Waals surface area (Å²) >= 11 is 0. The molecule has 1 heterocycles. The van der Waals surface area contributed by atoms with Gasteiger partial charge < -0.3 is 9.80 Å². The molecule has 2 aromatic carbocycles. The standard InChI is InChI=1S/C27H37N3O/c1-6-18-29-20-21(4)26(19-22(29)5)30(24-12-10-9-11-13-24)25-16-14-23(15-17-25)27(31)28(7-2)8-3/h6,9-17,21-22,26H,1,7-8,18-20H2,2-5H3/t21-,22-,26+/m1/s1. The molecule has 31 heavy (non-hydrogen) atoms. The predicted molar refractivity (Wildman–Crippen MR) is 131 cm³/mol. The highest BCUT2D eigenvalue weighted by molar-refractivity contribution is 5.94. The zero-order valence-electron chi connectivity index (χ0n) is 19.5. The lowest BCUT2D eigenvalue weighted by atomic mass is 9.87. The first-order valence-corrected chi connectivity index (χ1v) is 11.6. The van der Waals surface area contributed by atoms with Crippen molar-refractivity contribution >= 4 is 17.3 Å². The molecule has 4 heteroatoms. The Hall–Kier alpha value is -2.59. The Kier molecular flexibility index (Phi) is 7.91. The zero-order valence-corrected chi connectivity index (χ0v) is 19.5. The second-order valence-electron chi connectivity index (χ2n) is 8.60. The number of benzene rings is 2. The highest BCUT2D eigenvalue weighted by Crippen LogP contribution is 2.36. The summed E-state index contributed by atoms with van der Waals surface area (Å²) in [6.07, 6.45) is 3.09. The molecule has 1 aliphatic heterocycles. The van der Waals surface area contributed by atoms with Crippen LogP contribution in [0.25, 0.3) is 0 Å². The van der Waals surface area contributed by atoms with Crippen LogP contribution in [0.1, 0.15) is 44.5 Å². The summed E-state index contributed by atoms with van der Waals surface area (Å²) in [4.78, 5) is 19.6. The average molecular weight is 420 g/mol. The van der Waals surface area contributed by atoms with Crippen molar-refractivity contribution < 1.29 is 4.79 Å². The molecule has 166 valence electrons. The average Bonchev–Trinajstić information content (AvgIpc) is 2.79. The van der Waals surface area contributed by atoms with Crippen molar-refractivity contribution in [2.75, 3.05) is 31.1 Å². The van der Waals surface area contributed by atoms with Crippen LogP contribution in [-0.2, 0) is 0 Å². The minimum absolute atomic E-state index is 0.0996. The molecule has 0 bridgehead atoms. The van der Waals surface area contributed by atoms with Crippen LogP contribution in [-0.4, -0.2) is 54.0 Å². The van der Waals surface area contributed by atoms with E-state index in [4.69, 9.17) is 0 Å². The number of carbonyl (C=O) groups is 1. The smallest absolute Gasteiger partial charge is 0.253 e. The van der Waals surface area contributed by atoms with Crippen molar-refractivity contribution in [3.63, 3.8) is 0 Å². The van der Waals surface area contributed by atoms with Crippen LogP contribution >= 0.6 is 0 Å². The molecular formula is C27H37N3O. The number of carbonyl (C=O) groups excluding carboxylic acids is 1. The van der Waals surface area contributed by atoms with Gasteiger partial charge in [-0.25, -0.2) is 0 Å². The second-order valence-corrected chi connectivity index (χ2v) is 8.60. The fourth-order valence-electron chi connectivity index (χ4n) is 4.76. The largest absolute Gasteiger partial charge is 0.339 e. The maximum Gasteiger partial charge on any atom is 0.253 e. The minimum Gasteiger partial charge on any atom is -0.339 e. The summed E-state index contributed by atoms with van der Waals surface area (Å²) in [5.74, 6) is 0.607. The SMILES string of the molecule is C=CCN1C[C@@H](C)[C@@H](N(c2ccccc2)c2ccc(C(=O)N(CC)CC)cc2)C[C@H]1C. The maximum atomic E-state index is 12.8. The van der Waals surface area contributed by atoms with Gasteiger partial charge in [0.25, 0.3) is 5.91 Å². The van der Waals surface area contributed by atoms with Gasteiger partial charge in [-0.05, 0) is 69.5 Å². The Bertz CT molecular complexity index is 845. The van der Waals surface area contributed by atoms with Crippen LogP contribution in [0.5, 0.6) is 0 Å². The molecule has 4 nitrogen and oxygen atoms in total. The van der Waals surface area contributed by atoms with Gasteiger partial charge in [-0.3, -0.25) is 9.69 Å². The highest BCUT2D eigenvalue weighted by Gasteiger charge is 2.35. The number of nitrogens with zero attached hydrogens (tertiary/aromatic N) is 3. The molecule has 0 saturated carbocycles. The summed E-state index contributed by atoms with van der Waals surface area (Å²) < 4.78 is 0. The van der Waals surface area contributed by atoms with Gasteiger partial charge in [-0.2, -0.15) is 0 Å². The van der Waals surface area contributed by atoms with Crippen LogP contribution < -0.4 is 4.90 Å². The Morgan fingerprint density at radius 3 is 2.23 bits per heavy atom. The number of likely N-dealkylation sites (tertiary alicyclic amines) is 1. The molecule has 0 radical (unpaired) electrons. The number of hydrogen-bond donors (Lipinski definition) is 0. The third-order valence-corrected chi connectivity index (χ3v) is 6.56. The van der Waals surface area contributed by atoms with Crippen molar-refractivity contribution in [2.45, 2.75) is 46.2 Å². The molecule has 0 aromatic heterocycles. The van der Waals surface area contributed by atoms with Crippen molar-refractivity contribution in [3.05, 3.63) is 72.8 Å². The zero-order chi connectivity index (χ0) is 22.4. The summed E-state index contributed by atoms with van der Waals surface area (Å²) in [5, 5.41) is 0. The maximum absolute atomic E-state index is 12.8. The van der Waals surface area contributed by atoms with E-state index in [1.807, 2.05) is 37.0 Å². The molecule has 1 fully saturated rings. The Labute approximate surface area is 188 Å². The van der Waals surface area contributed by atoms with E-state index in [1.165, 1.54) is 5.69 Å². The van der Waals surface area contributed by atoms with Gasteiger partial charge in [-0.1, -0.05) is 31.2 Å². The molecule has 1 aliphatic rings. The van der Waals surface area contributed by atoms with E-state index in [1.54, 1.807) is 0 Å². The summed E-state index contributed by atoms with van der Waals surface area (Å²) in [6, 6.07) is 19.7. The number of piperidine rings is 1. The van der Waals surface area contributed by atoms with E-state index in [0.717, 1.165) is 43.9 Å². The number of rotatable bonds is 8. The number of hydrogen-bond acceptors (Lipinski definition) is 3. The molecule has 3 rings (SSSR count). The van der Waals surface area contributed by atoms with Crippen LogP contribution in [0.3, 0.4) is 0 Å². The predicted octanol–water partition coefficient (Wildman–Crippen LogP) is 5.59. The van der Waals surface area contributed by atoms with Gasteiger partial charge in [0.2, 0.25) is 0 Å². The first-order chi connectivity index (χ1) is 15.0. The molecule has 0 spiro atoms. The van der Waals surface area contributed by atoms with Gasteiger partial charge in [0.05, 0.1) is 0 Å². The molecular weight excluding hydrogens is 382 g/mol. The minimum atomic E-state index is 0.0996. The molecule has 1 saturated heterocycles. The van der Waals surface area contributed by atoms with E-state index >= 15 is 0 Å². The lowest BCUT2D eigenvalue weighted by Gasteiger charge is -2.46. The van der Waals surface area contributed by atoms with E-state index in [2.05, 4.69) is 72.7 Å². The van der Waals surface area contributed by atoms with Crippen molar-refractivity contribution in [1.29, 1.82) is 0 Å². The molecule has 0 unspecified atom stereocenters. The molecule has 0 N–H and O–H groups in total. The van der Waals surface area contributed by atoms with Crippen LogP contribution in [0.4, 0.5) is 11.4 Å². The van der Waals surface area contributed by atoms with Crippen molar-refractivity contribution in [2.24, 2.45) is 5.92 Å². The lowest BCUT2D eigenvalue weighted by Crippen LogP contribution is -2.52. The van der Waals surface area contributed by atoms with Crippen LogP contribution in [0.15, 0.2) is 67.3 Å². The highest BCUT2D eigenvalue weighted by atomic mass is 16.2. The van der Waals surface area contributed by atoms with E-state index in [0.29, 0.717) is 18.0 Å². The first-order valence-electron chi connectivity index (χ1n) is 11.6. The number of anilines is 2.